The van der Waals surface area contributed by atoms with E-state index in [2.05, 4.69) is 4.98 Å². The number of carbonyl (C=O) groups excluding carboxylic acids is 1. The second kappa shape index (κ2) is 10.5. The van der Waals surface area contributed by atoms with Crippen LogP contribution in [0.4, 0.5) is 6.01 Å². The van der Waals surface area contributed by atoms with E-state index in [1.807, 2.05) is 81.1 Å². The van der Waals surface area contributed by atoms with Crippen molar-refractivity contribution in [2.75, 3.05) is 18.1 Å². The van der Waals surface area contributed by atoms with Gasteiger partial charge in [0, 0.05) is 19.7 Å². The molecule has 1 N–H and O–H groups in total. The van der Waals surface area contributed by atoms with E-state index in [0.29, 0.717) is 37.7 Å². The Balaban J connectivity index is 1.76. The monoisotopic (exact) mass is 440 g/mol. The molecule has 0 saturated carbocycles. The molecule has 0 amide bonds. The van der Waals surface area contributed by atoms with Crippen molar-refractivity contribution < 1.29 is 23.8 Å². The highest BCUT2D eigenvalue weighted by Crippen LogP contribution is 2.25. The lowest BCUT2D eigenvalue weighted by atomic mass is 10.1. The SMILES string of the molecule is CCC(Oc1cccc(CN(CCCO)c2nc3ccccc3o2)c1)C(=O)OC(C)(C)C. The molecule has 32 heavy (non-hydrogen) atoms. The van der Waals surface area contributed by atoms with E-state index in [1.165, 1.54) is 0 Å². The molecular formula is C25H32N2O5. The summed E-state index contributed by atoms with van der Waals surface area (Å²) in [5.74, 6) is 0.223. The summed E-state index contributed by atoms with van der Waals surface area (Å²) >= 11 is 0. The summed E-state index contributed by atoms with van der Waals surface area (Å²) in [4.78, 5) is 19.0. The molecule has 1 atom stereocenters. The smallest absolute Gasteiger partial charge is 0.347 e. The molecule has 172 valence electrons. The van der Waals surface area contributed by atoms with Gasteiger partial charge in [-0.15, -0.1) is 0 Å². The summed E-state index contributed by atoms with van der Waals surface area (Å²) in [7, 11) is 0. The molecule has 1 unspecified atom stereocenters. The molecule has 0 aliphatic rings. The Morgan fingerprint density at radius 1 is 1.19 bits per heavy atom. The van der Waals surface area contributed by atoms with E-state index < -0.39 is 11.7 Å². The third-order valence-electron chi connectivity index (χ3n) is 4.73. The number of benzene rings is 2. The lowest BCUT2D eigenvalue weighted by Crippen LogP contribution is -2.35. The Bertz CT molecular complexity index is 991. The number of aliphatic hydroxyl groups is 1. The Hall–Kier alpha value is -3.06. The van der Waals surface area contributed by atoms with Crippen LogP contribution in [0.2, 0.25) is 0 Å². The fourth-order valence-electron chi connectivity index (χ4n) is 3.27. The number of carbonyl (C=O) groups is 1. The van der Waals surface area contributed by atoms with Gasteiger partial charge < -0.3 is 23.9 Å². The molecule has 0 saturated heterocycles. The molecule has 0 fully saturated rings. The van der Waals surface area contributed by atoms with Gasteiger partial charge in [-0.25, -0.2) is 4.79 Å². The molecule has 7 nitrogen and oxygen atoms in total. The number of para-hydroxylation sites is 2. The number of ether oxygens (including phenoxy) is 2. The topological polar surface area (TPSA) is 85.0 Å². The van der Waals surface area contributed by atoms with Gasteiger partial charge in [-0.1, -0.05) is 31.2 Å². The highest BCUT2D eigenvalue weighted by molar-refractivity contribution is 5.75. The number of aromatic nitrogens is 1. The maximum Gasteiger partial charge on any atom is 0.347 e. The summed E-state index contributed by atoms with van der Waals surface area (Å²) in [6, 6.07) is 15.7. The number of oxazole rings is 1. The molecule has 3 rings (SSSR count). The summed E-state index contributed by atoms with van der Waals surface area (Å²) < 4.78 is 17.4. The van der Waals surface area contributed by atoms with Gasteiger partial charge in [0.1, 0.15) is 16.9 Å². The fraction of sp³-hybridized carbons (Fsp3) is 0.440. The first-order chi connectivity index (χ1) is 15.3. The Kier molecular flexibility index (Phi) is 7.75. The minimum absolute atomic E-state index is 0.0773. The van der Waals surface area contributed by atoms with Crippen molar-refractivity contribution in [3.05, 3.63) is 54.1 Å². The number of nitrogens with zero attached hydrogens (tertiary/aromatic N) is 2. The first-order valence-corrected chi connectivity index (χ1v) is 11.0. The lowest BCUT2D eigenvalue weighted by Gasteiger charge is -2.24. The number of esters is 1. The normalized spacial score (nSPS) is 12.5. The molecule has 1 heterocycles. The van der Waals surface area contributed by atoms with E-state index in [0.717, 1.165) is 16.7 Å². The second-order valence-electron chi connectivity index (χ2n) is 8.66. The molecule has 0 aliphatic heterocycles. The average molecular weight is 441 g/mol. The maximum absolute atomic E-state index is 12.4. The van der Waals surface area contributed by atoms with Gasteiger partial charge in [0.15, 0.2) is 11.7 Å². The van der Waals surface area contributed by atoms with Crippen LogP contribution in [0, 0.1) is 0 Å². The van der Waals surface area contributed by atoms with E-state index in [9.17, 15) is 9.90 Å². The third kappa shape index (κ3) is 6.47. The van der Waals surface area contributed by atoms with Crippen molar-refractivity contribution >= 4 is 23.1 Å². The van der Waals surface area contributed by atoms with Crippen LogP contribution in [0.3, 0.4) is 0 Å². The number of hydrogen-bond acceptors (Lipinski definition) is 7. The minimum Gasteiger partial charge on any atom is -0.479 e. The maximum atomic E-state index is 12.4. The standard InChI is InChI=1S/C25H32N2O5/c1-5-21(23(29)32-25(2,3)4)30-19-11-8-10-18(16-19)17-27(14-9-15-28)24-26-20-12-6-7-13-22(20)31-24/h6-8,10-13,16,21,28H,5,9,14-15,17H2,1-4H3. The van der Waals surface area contributed by atoms with Gasteiger partial charge >= 0.3 is 5.97 Å². The highest BCUT2D eigenvalue weighted by atomic mass is 16.6. The zero-order valence-corrected chi connectivity index (χ0v) is 19.2. The third-order valence-corrected chi connectivity index (χ3v) is 4.73. The van der Waals surface area contributed by atoms with Crippen LogP contribution in [0.25, 0.3) is 11.1 Å². The molecular weight excluding hydrogens is 408 g/mol. The van der Waals surface area contributed by atoms with Crippen LogP contribution in [-0.2, 0) is 16.1 Å². The van der Waals surface area contributed by atoms with Crippen molar-refractivity contribution in [1.82, 2.24) is 4.98 Å². The van der Waals surface area contributed by atoms with Crippen LogP contribution < -0.4 is 9.64 Å². The molecule has 3 aromatic rings. The Morgan fingerprint density at radius 3 is 2.66 bits per heavy atom. The zero-order valence-electron chi connectivity index (χ0n) is 19.2. The lowest BCUT2D eigenvalue weighted by molar-refractivity contribution is -0.163. The highest BCUT2D eigenvalue weighted by Gasteiger charge is 2.25. The summed E-state index contributed by atoms with van der Waals surface area (Å²) in [5.41, 5.74) is 1.91. The van der Waals surface area contributed by atoms with Gasteiger partial charge in [-0.2, -0.15) is 4.98 Å². The van der Waals surface area contributed by atoms with Crippen LogP contribution in [0.15, 0.2) is 52.9 Å². The first-order valence-electron chi connectivity index (χ1n) is 11.0. The fourth-order valence-corrected chi connectivity index (χ4v) is 3.27. The van der Waals surface area contributed by atoms with Crippen LogP contribution in [0.1, 0.15) is 46.1 Å². The summed E-state index contributed by atoms with van der Waals surface area (Å²) in [5, 5.41) is 9.33. The van der Waals surface area contributed by atoms with Crippen LogP contribution >= 0.6 is 0 Å². The molecule has 0 bridgehead atoms. The van der Waals surface area contributed by atoms with Gasteiger partial charge in [-0.05, 0) is 63.4 Å². The molecule has 7 heteroatoms. The van der Waals surface area contributed by atoms with Gasteiger partial charge in [0.25, 0.3) is 6.01 Å². The van der Waals surface area contributed by atoms with Crippen molar-refractivity contribution in [3.63, 3.8) is 0 Å². The van der Waals surface area contributed by atoms with Crippen LogP contribution in [0.5, 0.6) is 5.75 Å². The largest absolute Gasteiger partial charge is 0.479 e. The van der Waals surface area contributed by atoms with Crippen molar-refractivity contribution in [1.29, 1.82) is 0 Å². The quantitative estimate of drug-likeness (QED) is 0.457. The van der Waals surface area contributed by atoms with Crippen molar-refractivity contribution in [2.24, 2.45) is 0 Å². The molecule has 2 aromatic carbocycles. The van der Waals surface area contributed by atoms with E-state index in [4.69, 9.17) is 13.9 Å². The van der Waals surface area contributed by atoms with E-state index in [-0.39, 0.29) is 12.6 Å². The van der Waals surface area contributed by atoms with Gasteiger partial charge in [-0.3, -0.25) is 0 Å². The second-order valence-corrected chi connectivity index (χ2v) is 8.66. The van der Waals surface area contributed by atoms with Crippen LogP contribution in [-0.4, -0.2) is 40.9 Å². The van der Waals surface area contributed by atoms with Crippen molar-refractivity contribution in [3.8, 4) is 5.75 Å². The van der Waals surface area contributed by atoms with Crippen molar-refractivity contribution in [2.45, 2.75) is 58.8 Å². The summed E-state index contributed by atoms with van der Waals surface area (Å²) in [6.07, 6.45) is 0.419. The molecule has 0 spiro atoms. The average Bonchev–Trinajstić information content (AvgIpc) is 3.18. The zero-order chi connectivity index (χ0) is 23.1. The van der Waals surface area contributed by atoms with Gasteiger partial charge in [0.05, 0.1) is 0 Å². The number of rotatable bonds is 10. The Morgan fingerprint density at radius 2 is 1.97 bits per heavy atom. The van der Waals surface area contributed by atoms with Gasteiger partial charge in [0.2, 0.25) is 0 Å². The molecule has 0 radical (unpaired) electrons. The number of aliphatic hydroxyl groups excluding tert-OH is 1. The molecule has 0 aliphatic carbocycles. The van der Waals surface area contributed by atoms with E-state index in [1.54, 1.807) is 0 Å². The van der Waals surface area contributed by atoms with E-state index >= 15 is 0 Å². The minimum atomic E-state index is -0.674. The molecule has 1 aromatic heterocycles. The summed E-state index contributed by atoms with van der Waals surface area (Å²) in [6.45, 7) is 8.59. The number of anilines is 1. The number of hydrogen-bond donors (Lipinski definition) is 1. The first kappa shape index (κ1) is 23.6. The Labute approximate surface area is 189 Å². The number of fused-ring (bicyclic) bond motifs is 1. The predicted octanol–water partition coefficient (Wildman–Crippen LogP) is 4.72. The predicted molar refractivity (Wildman–Crippen MR) is 124 cm³/mol.